The lowest BCUT2D eigenvalue weighted by molar-refractivity contribution is 0.776. The van der Waals surface area contributed by atoms with Crippen LogP contribution >= 0.6 is 0 Å². The third kappa shape index (κ3) is 4.15. The largest absolute Gasteiger partial charge is 0.324 e. The van der Waals surface area contributed by atoms with E-state index in [2.05, 4.69) is 35.3 Å². The molecule has 3 heterocycles. The van der Waals surface area contributed by atoms with Crippen molar-refractivity contribution in [2.45, 2.75) is 33.6 Å². The van der Waals surface area contributed by atoms with Crippen molar-refractivity contribution < 1.29 is 0 Å². The summed E-state index contributed by atoms with van der Waals surface area (Å²) in [4.78, 5) is 33.4. The van der Waals surface area contributed by atoms with Crippen molar-refractivity contribution in [3.63, 3.8) is 0 Å². The Morgan fingerprint density at radius 2 is 1.76 bits per heavy atom. The Labute approximate surface area is 196 Å². The first-order chi connectivity index (χ1) is 16.4. The molecule has 0 aliphatic rings. The first kappa shape index (κ1) is 21.4. The Kier molecular flexibility index (Phi) is 5.37. The number of fused-ring (bicyclic) bond motifs is 1. The third-order valence-corrected chi connectivity index (χ3v) is 5.46. The predicted octanol–water partition coefficient (Wildman–Crippen LogP) is 4.44. The summed E-state index contributed by atoms with van der Waals surface area (Å²) >= 11 is 0. The number of anilines is 2. The van der Waals surface area contributed by atoms with Crippen molar-refractivity contribution in [3.8, 4) is 16.9 Å². The standard InChI is InChI=1S/C25H24N8O/c1-14(2)23-29-22-10-5-17(13-20(22)24(34)31-23)21-11-12-26-25(30-21)28-18-6-8-19(9-7-18)33-16(4)27-15(3)32-33/h5-14H,1-4H3,(H,26,28,30)(H,29,31,34). The minimum Gasteiger partial charge on any atom is -0.324 e. The van der Waals surface area contributed by atoms with Crippen LogP contribution in [0.5, 0.6) is 0 Å². The van der Waals surface area contributed by atoms with E-state index in [-0.39, 0.29) is 11.5 Å². The molecule has 0 saturated heterocycles. The van der Waals surface area contributed by atoms with E-state index in [0.717, 1.165) is 28.6 Å². The molecule has 3 aromatic heterocycles. The average molecular weight is 453 g/mol. The molecule has 9 nitrogen and oxygen atoms in total. The summed E-state index contributed by atoms with van der Waals surface area (Å²) in [5.41, 5.74) is 3.80. The van der Waals surface area contributed by atoms with Crippen LogP contribution in [0.2, 0.25) is 0 Å². The maximum absolute atomic E-state index is 12.6. The SMILES string of the molecule is Cc1nc(C)n(-c2ccc(Nc3nccc(-c4ccc5nc(C(C)C)[nH]c(=O)c5c4)n3)cc2)n1. The van der Waals surface area contributed by atoms with Gasteiger partial charge in [-0.05, 0) is 56.3 Å². The van der Waals surface area contributed by atoms with Gasteiger partial charge in [0.15, 0.2) is 0 Å². The van der Waals surface area contributed by atoms with Crippen LogP contribution < -0.4 is 10.9 Å². The van der Waals surface area contributed by atoms with E-state index < -0.39 is 0 Å². The quantitative estimate of drug-likeness (QED) is 0.405. The molecule has 0 unspecified atom stereocenters. The number of aromatic nitrogens is 7. The van der Waals surface area contributed by atoms with Gasteiger partial charge in [0.1, 0.15) is 17.5 Å². The molecule has 0 spiro atoms. The summed E-state index contributed by atoms with van der Waals surface area (Å²) in [6.07, 6.45) is 1.69. The lowest BCUT2D eigenvalue weighted by atomic mass is 10.1. The molecule has 34 heavy (non-hydrogen) atoms. The fraction of sp³-hybridized carbons (Fsp3) is 0.200. The van der Waals surface area contributed by atoms with Gasteiger partial charge in [0.25, 0.3) is 5.56 Å². The van der Waals surface area contributed by atoms with Gasteiger partial charge in [-0.2, -0.15) is 5.10 Å². The van der Waals surface area contributed by atoms with Crippen LogP contribution in [0, 0.1) is 13.8 Å². The molecule has 0 saturated carbocycles. The van der Waals surface area contributed by atoms with Gasteiger partial charge >= 0.3 is 0 Å². The molecule has 2 N–H and O–H groups in total. The molecule has 0 bridgehead atoms. The second-order valence-electron chi connectivity index (χ2n) is 8.39. The highest BCUT2D eigenvalue weighted by molar-refractivity contribution is 5.83. The van der Waals surface area contributed by atoms with Gasteiger partial charge in [0.05, 0.1) is 22.3 Å². The molecule has 0 radical (unpaired) electrons. The van der Waals surface area contributed by atoms with Crippen LogP contribution in [0.25, 0.3) is 27.8 Å². The number of aromatic amines is 1. The number of benzene rings is 2. The number of aryl methyl sites for hydroxylation is 2. The van der Waals surface area contributed by atoms with Crippen LogP contribution in [0.4, 0.5) is 11.6 Å². The van der Waals surface area contributed by atoms with Gasteiger partial charge in [0.2, 0.25) is 5.95 Å². The molecule has 5 aromatic rings. The lowest BCUT2D eigenvalue weighted by Crippen LogP contribution is -2.12. The fourth-order valence-electron chi connectivity index (χ4n) is 3.75. The summed E-state index contributed by atoms with van der Waals surface area (Å²) in [7, 11) is 0. The van der Waals surface area contributed by atoms with E-state index >= 15 is 0 Å². The minimum atomic E-state index is -0.152. The topological polar surface area (TPSA) is 114 Å². The van der Waals surface area contributed by atoms with Crippen LogP contribution in [-0.2, 0) is 0 Å². The maximum Gasteiger partial charge on any atom is 0.258 e. The molecule has 0 fully saturated rings. The summed E-state index contributed by atoms with van der Waals surface area (Å²) in [6.45, 7) is 7.79. The molecule has 0 atom stereocenters. The van der Waals surface area contributed by atoms with E-state index in [4.69, 9.17) is 0 Å². The molecule has 2 aromatic carbocycles. The average Bonchev–Trinajstić information content (AvgIpc) is 3.17. The van der Waals surface area contributed by atoms with Crippen LogP contribution in [0.15, 0.2) is 59.5 Å². The van der Waals surface area contributed by atoms with Gasteiger partial charge in [-0.3, -0.25) is 4.79 Å². The molecular weight excluding hydrogens is 428 g/mol. The second kappa shape index (κ2) is 8.51. The molecule has 0 aliphatic heterocycles. The Morgan fingerprint density at radius 3 is 2.47 bits per heavy atom. The van der Waals surface area contributed by atoms with Crippen molar-refractivity contribution in [1.82, 2.24) is 34.7 Å². The van der Waals surface area contributed by atoms with Gasteiger partial charge in [-0.15, -0.1) is 0 Å². The van der Waals surface area contributed by atoms with E-state index in [1.807, 2.05) is 76.2 Å². The first-order valence-electron chi connectivity index (χ1n) is 11.0. The highest BCUT2D eigenvalue weighted by Gasteiger charge is 2.10. The zero-order chi connectivity index (χ0) is 23.8. The first-order valence-corrected chi connectivity index (χ1v) is 11.0. The number of nitrogens with one attached hydrogen (secondary N) is 2. The van der Waals surface area contributed by atoms with Gasteiger partial charge in [0, 0.05) is 23.4 Å². The lowest BCUT2D eigenvalue weighted by Gasteiger charge is -2.09. The Balaban J connectivity index is 1.41. The number of nitrogens with zero attached hydrogens (tertiary/aromatic N) is 6. The Bertz CT molecular complexity index is 1550. The Hall–Kier alpha value is -4.40. The number of hydrogen-bond acceptors (Lipinski definition) is 7. The summed E-state index contributed by atoms with van der Waals surface area (Å²) < 4.78 is 1.80. The van der Waals surface area contributed by atoms with E-state index in [1.165, 1.54) is 0 Å². The molecule has 0 amide bonds. The zero-order valence-electron chi connectivity index (χ0n) is 19.4. The van der Waals surface area contributed by atoms with Gasteiger partial charge in [-0.1, -0.05) is 19.9 Å². The van der Waals surface area contributed by atoms with Crippen LogP contribution in [0.1, 0.15) is 37.2 Å². The molecular formula is C25H24N8O. The number of H-pyrrole nitrogens is 1. The maximum atomic E-state index is 12.6. The van der Waals surface area contributed by atoms with Crippen LogP contribution in [-0.4, -0.2) is 34.7 Å². The molecule has 9 heteroatoms. The summed E-state index contributed by atoms with van der Waals surface area (Å²) in [6, 6.07) is 15.2. The minimum absolute atomic E-state index is 0.144. The van der Waals surface area contributed by atoms with Crippen molar-refractivity contribution >= 4 is 22.5 Å². The van der Waals surface area contributed by atoms with Crippen molar-refractivity contribution in [1.29, 1.82) is 0 Å². The Morgan fingerprint density at radius 1 is 0.971 bits per heavy atom. The normalized spacial score (nSPS) is 11.3. The number of hydrogen-bond donors (Lipinski definition) is 2. The highest BCUT2D eigenvalue weighted by atomic mass is 16.1. The smallest absolute Gasteiger partial charge is 0.258 e. The van der Waals surface area contributed by atoms with Crippen molar-refractivity contribution in [2.75, 3.05) is 5.32 Å². The van der Waals surface area contributed by atoms with E-state index in [9.17, 15) is 4.79 Å². The number of rotatable bonds is 5. The summed E-state index contributed by atoms with van der Waals surface area (Å²) in [5.74, 6) is 2.85. The molecule has 5 rings (SSSR count). The predicted molar refractivity (Wildman–Crippen MR) is 132 cm³/mol. The third-order valence-electron chi connectivity index (χ3n) is 5.46. The molecule has 0 aliphatic carbocycles. The van der Waals surface area contributed by atoms with E-state index in [0.29, 0.717) is 28.4 Å². The fourth-order valence-corrected chi connectivity index (χ4v) is 3.75. The van der Waals surface area contributed by atoms with Crippen molar-refractivity contribution in [3.05, 3.63) is 82.6 Å². The highest BCUT2D eigenvalue weighted by Crippen LogP contribution is 2.23. The zero-order valence-corrected chi connectivity index (χ0v) is 19.4. The van der Waals surface area contributed by atoms with Gasteiger partial charge in [-0.25, -0.2) is 24.6 Å². The van der Waals surface area contributed by atoms with Crippen LogP contribution in [0.3, 0.4) is 0 Å². The molecule has 170 valence electrons. The van der Waals surface area contributed by atoms with Crippen molar-refractivity contribution in [2.24, 2.45) is 0 Å². The van der Waals surface area contributed by atoms with Gasteiger partial charge < -0.3 is 10.3 Å². The summed E-state index contributed by atoms with van der Waals surface area (Å²) in [5, 5.41) is 8.18. The van der Waals surface area contributed by atoms with E-state index in [1.54, 1.807) is 10.9 Å². The monoisotopic (exact) mass is 452 g/mol. The second-order valence-corrected chi connectivity index (χ2v) is 8.39.